The van der Waals surface area contributed by atoms with Crippen LogP contribution in [0.25, 0.3) is 0 Å². The maximum atomic E-state index is 12.9. The van der Waals surface area contributed by atoms with Gasteiger partial charge in [-0.1, -0.05) is 42.7 Å². The Morgan fingerprint density at radius 1 is 1.11 bits per heavy atom. The summed E-state index contributed by atoms with van der Waals surface area (Å²) in [5, 5.41) is 10.2. The summed E-state index contributed by atoms with van der Waals surface area (Å²) in [4.78, 5) is 14.6. The molecule has 1 saturated carbocycles. The molecule has 0 bridgehead atoms. The molecule has 2 fully saturated rings. The zero-order valence-corrected chi connectivity index (χ0v) is 17.7. The number of rotatable bonds is 5. The van der Waals surface area contributed by atoms with E-state index in [2.05, 4.69) is 0 Å². The number of hydrogen-bond acceptors (Lipinski definition) is 4. The zero-order valence-electron chi connectivity index (χ0n) is 16.9. The van der Waals surface area contributed by atoms with Gasteiger partial charge in [0, 0.05) is 26.1 Å². The van der Waals surface area contributed by atoms with Gasteiger partial charge in [-0.2, -0.15) is 0 Å². The highest BCUT2D eigenvalue weighted by Crippen LogP contribution is 2.27. The molecule has 0 aromatic heterocycles. The molecule has 1 heterocycles. The van der Waals surface area contributed by atoms with E-state index in [0.29, 0.717) is 25.9 Å². The number of sulfonamides is 1. The van der Waals surface area contributed by atoms with Crippen molar-refractivity contribution in [2.24, 2.45) is 5.92 Å². The molecule has 1 saturated heterocycles. The molecule has 7 heteroatoms. The minimum Gasteiger partial charge on any atom is -0.391 e. The van der Waals surface area contributed by atoms with Crippen LogP contribution >= 0.6 is 0 Å². The first-order valence-corrected chi connectivity index (χ1v) is 11.9. The van der Waals surface area contributed by atoms with Crippen LogP contribution < -0.4 is 0 Å². The Hall–Kier alpha value is -1.44. The normalized spacial score (nSPS) is 24.8. The number of aliphatic hydroxyl groups is 1. The van der Waals surface area contributed by atoms with Gasteiger partial charge in [-0.3, -0.25) is 4.79 Å². The van der Waals surface area contributed by atoms with Crippen LogP contribution in [0.1, 0.15) is 49.7 Å². The second kappa shape index (κ2) is 8.93. The van der Waals surface area contributed by atoms with Crippen LogP contribution in [0.4, 0.5) is 0 Å². The van der Waals surface area contributed by atoms with Gasteiger partial charge >= 0.3 is 0 Å². The third-order valence-corrected chi connectivity index (χ3v) is 8.06. The van der Waals surface area contributed by atoms with Crippen molar-refractivity contribution in [1.82, 2.24) is 9.21 Å². The highest BCUT2D eigenvalue weighted by Gasteiger charge is 2.36. The molecular formula is C21H32N2O4S. The largest absolute Gasteiger partial charge is 0.391 e. The van der Waals surface area contributed by atoms with E-state index in [4.69, 9.17) is 0 Å². The van der Waals surface area contributed by atoms with Crippen molar-refractivity contribution in [3.63, 3.8) is 0 Å². The topological polar surface area (TPSA) is 77.9 Å². The predicted octanol–water partition coefficient (Wildman–Crippen LogP) is 2.30. The first-order chi connectivity index (χ1) is 13.3. The number of aryl methyl sites for hydroxylation is 1. The first-order valence-electron chi connectivity index (χ1n) is 10.3. The summed E-state index contributed by atoms with van der Waals surface area (Å²) in [7, 11) is -1.60. The van der Waals surface area contributed by atoms with Crippen LogP contribution in [0, 0.1) is 12.8 Å². The van der Waals surface area contributed by atoms with Crippen molar-refractivity contribution in [3.8, 4) is 0 Å². The van der Waals surface area contributed by atoms with Crippen molar-refractivity contribution in [2.75, 3.05) is 20.1 Å². The average Bonchev–Trinajstić information content (AvgIpc) is 2.69. The first kappa shape index (κ1) is 21.3. The lowest BCUT2D eigenvalue weighted by atomic mass is 9.89. The second-order valence-electron chi connectivity index (χ2n) is 8.28. The van der Waals surface area contributed by atoms with E-state index in [1.54, 1.807) is 11.9 Å². The Kier molecular flexibility index (Phi) is 6.78. The molecule has 1 aliphatic heterocycles. The minimum atomic E-state index is -3.38. The summed E-state index contributed by atoms with van der Waals surface area (Å²) in [6, 6.07) is 7.45. The molecule has 1 N–H and O–H groups in total. The van der Waals surface area contributed by atoms with E-state index in [9.17, 15) is 18.3 Å². The highest BCUT2D eigenvalue weighted by molar-refractivity contribution is 7.88. The SMILES string of the molecule is Cc1ccc(CS(=O)(=O)N2CCC(C(=O)N(C)C3CCCCC3O)CC2)cc1. The summed E-state index contributed by atoms with van der Waals surface area (Å²) < 4.78 is 27.0. The number of carbonyl (C=O) groups is 1. The number of nitrogens with zero attached hydrogens (tertiary/aromatic N) is 2. The molecule has 1 aliphatic carbocycles. The van der Waals surface area contributed by atoms with Crippen LogP contribution in [-0.2, 0) is 20.6 Å². The third kappa shape index (κ3) is 4.93. The van der Waals surface area contributed by atoms with Crippen LogP contribution in [0.5, 0.6) is 0 Å². The van der Waals surface area contributed by atoms with Crippen molar-refractivity contribution >= 4 is 15.9 Å². The maximum absolute atomic E-state index is 12.9. The fourth-order valence-electron chi connectivity index (χ4n) is 4.36. The highest BCUT2D eigenvalue weighted by atomic mass is 32.2. The monoisotopic (exact) mass is 408 g/mol. The fourth-order valence-corrected chi connectivity index (χ4v) is 5.93. The van der Waals surface area contributed by atoms with Gasteiger partial charge in [-0.05, 0) is 38.2 Å². The molecule has 1 aromatic rings. The molecule has 156 valence electrons. The molecule has 28 heavy (non-hydrogen) atoms. The number of piperidine rings is 1. The van der Waals surface area contributed by atoms with E-state index >= 15 is 0 Å². The average molecular weight is 409 g/mol. The summed E-state index contributed by atoms with van der Waals surface area (Å²) in [5.41, 5.74) is 1.89. The van der Waals surface area contributed by atoms with Crippen LogP contribution in [-0.4, -0.2) is 60.9 Å². The fraction of sp³-hybridized carbons (Fsp3) is 0.667. The van der Waals surface area contributed by atoms with Gasteiger partial charge in [-0.25, -0.2) is 12.7 Å². The van der Waals surface area contributed by atoms with Crippen LogP contribution in [0.2, 0.25) is 0 Å². The lowest BCUT2D eigenvalue weighted by Gasteiger charge is -2.38. The van der Waals surface area contributed by atoms with Crippen molar-refractivity contribution in [1.29, 1.82) is 0 Å². The molecule has 6 nitrogen and oxygen atoms in total. The summed E-state index contributed by atoms with van der Waals surface area (Å²) in [6.07, 6.45) is 4.27. The summed E-state index contributed by atoms with van der Waals surface area (Å²) >= 11 is 0. The molecule has 1 aromatic carbocycles. The number of benzene rings is 1. The van der Waals surface area contributed by atoms with Gasteiger partial charge in [0.1, 0.15) is 0 Å². The zero-order chi connectivity index (χ0) is 20.3. The smallest absolute Gasteiger partial charge is 0.225 e. The van der Waals surface area contributed by atoms with Gasteiger partial charge in [0.25, 0.3) is 0 Å². The second-order valence-corrected chi connectivity index (χ2v) is 10.3. The molecular weight excluding hydrogens is 376 g/mol. The molecule has 2 aliphatic rings. The quantitative estimate of drug-likeness (QED) is 0.811. The Labute approximate surface area is 168 Å². The molecule has 0 spiro atoms. The predicted molar refractivity (Wildman–Crippen MR) is 109 cm³/mol. The van der Waals surface area contributed by atoms with Gasteiger partial charge < -0.3 is 10.0 Å². The maximum Gasteiger partial charge on any atom is 0.225 e. The molecule has 0 radical (unpaired) electrons. The third-order valence-electron chi connectivity index (χ3n) is 6.21. The van der Waals surface area contributed by atoms with Gasteiger partial charge in [0.15, 0.2) is 0 Å². The van der Waals surface area contributed by atoms with Crippen LogP contribution in [0.15, 0.2) is 24.3 Å². The summed E-state index contributed by atoms with van der Waals surface area (Å²) in [6.45, 7) is 2.74. The standard InChI is InChI=1S/C21H32N2O4S/c1-16-7-9-17(10-8-16)15-28(26,27)23-13-11-18(12-14-23)21(25)22(2)19-5-3-4-6-20(19)24/h7-10,18-20,24H,3-6,11-15H2,1-2H3. The molecule has 3 rings (SSSR count). The Morgan fingerprint density at radius 2 is 1.71 bits per heavy atom. The molecule has 2 atom stereocenters. The van der Waals surface area contributed by atoms with Crippen molar-refractivity contribution < 1.29 is 18.3 Å². The lowest BCUT2D eigenvalue weighted by molar-refractivity contribution is -0.141. The van der Waals surface area contributed by atoms with Crippen molar-refractivity contribution in [2.45, 2.75) is 63.3 Å². The Balaban J connectivity index is 1.55. The minimum absolute atomic E-state index is 0.0000618. The van der Waals surface area contributed by atoms with Gasteiger partial charge in [0.2, 0.25) is 15.9 Å². The van der Waals surface area contributed by atoms with E-state index in [1.807, 2.05) is 31.2 Å². The number of aliphatic hydroxyl groups excluding tert-OH is 1. The molecule has 2 unspecified atom stereocenters. The lowest BCUT2D eigenvalue weighted by Crippen LogP contribution is -2.50. The van der Waals surface area contributed by atoms with E-state index < -0.39 is 16.1 Å². The summed E-state index contributed by atoms with van der Waals surface area (Å²) in [5.74, 6) is -0.119. The number of carbonyl (C=O) groups excluding carboxylic acids is 1. The van der Waals surface area contributed by atoms with E-state index in [0.717, 1.165) is 36.8 Å². The Morgan fingerprint density at radius 3 is 2.32 bits per heavy atom. The van der Waals surface area contributed by atoms with E-state index in [1.165, 1.54) is 4.31 Å². The number of amides is 1. The molecule has 1 amide bonds. The number of likely N-dealkylation sites (N-methyl/N-ethyl adjacent to an activating group) is 1. The Bertz CT molecular complexity index is 770. The van der Waals surface area contributed by atoms with E-state index in [-0.39, 0.29) is 23.6 Å². The number of hydrogen-bond donors (Lipinski definition) is 1. The van der Waals surface area contributed by atoms with Crippen molar-refractivity contribution in [3.05, 3.63) is 35.4 Å². The van der Waals surface area contributed by atoms with Crippen LogP contribution in [0.3, 0.4) is 0 Å². The van der Waals surface area contributed by atoms with Gasteiger partial charge in [0.05, 0.1) is 17.9 Å². The van der Waals surface area contributed by atoms with Gasteiger partial charge in [-0.15, -0.1) is 0 Å².